The summed E-state index contributed by atoms with van der Waals surface area (Å²) in [6.07, 6.45) is 1.19. The minimum atomic E-state index is -0.142. The number of hydrogen-bond acceptors (Lipinski definition) is 4. The number of nitrogens with two attached hydrogens (primary N) is 1. The molecule has 1 saturated heterocycles. The molecule has 3 N–H and O–H groups in total. The van der Waals surface area contributed by atoms with E-state index < -0.39 is 0 Å². The molecule has 0 bridgehead atoms. The number of carbonyl (C=O) groups excluding carboxylic acids is 1. The lowest BCUT2D eigenvalue weighted by atomic mass is 10.1. The Hall–Kier alpha value is -0.940. The second kappa shape index (κ2) is 5.41. The van der Waals surface area contributed by atoms with Crippen molar-refractivity contribution in [3.8, 4) is 0 Å². The zero-order valence-corrected chi connectivity index (χ0v) is 9.89. The molecule has 88 valence electrons. The van der Waals surface area contributed by atoms with Crippen molar-refractivity contribution < 1.29 is 9.21 Å². The Balaban J connectivity index is 1.82. The molecule has 5 heteroatoms. The molecule has 1 aromatic rings. The standard InChI is InChI=1S/C11H16N2O2S/c12-5-9-1-2-10(15-9)11(14)13-6-8-3-4-16-7-8/h1-2,8H,3-7,12H2,(H,13,14). The summed E-state index contributed by atoms with van der Waals surface area (Å²) in [4.78, 5) is 11.7. The van der Waals surface area contributed by atoms with Gasteiger partial charge < -0.3 is 15.5 Å². The molecule has 1 fully saturated rings. The van der Waals surface area contributed by atoms with Gasteiger partial charge in [0.1, 0.15) is 5.76 Å². The average Bonchev–Trinajstić information content (AvgIpc) is 2.96. The normalized spacial score (nSPS) is 19.9. The number of amides is 1. The molecule has 1 aliphatic heterocycles. The molecule has 1 aliphatic rings. The van der Waals surface area contributed by atoms with Crippen LogP contribution < -0.4 is 11.1 Å². The SMILES string of the molecule is NCc1ccc(C(=O)NCC2CCSC2)o1. The van der Waals surface area contributed by atoms with Crippen LogP contribution in [0.3, 0.4) is 0 Å². The Labute approximate surface area is 98.9 Å². The topological polar surface area (TPSA) is 68.3 Å². The van der Waals surface area contributed by atoms with E-state index in [-0.39, 0.29) is 5.91 Å². The maximum Gasteiger partial charge on any atom is 0.287 e. The molecular formula is C11H16N2O2S. The second-order valence-electron chi connectivity index (χ2n) is 3.91. The smallest absolute Gasteiger partial charge is 0.287 e. The molecule has 0 spiro atoms. The number of carbonyl (C=O) groups is 1. The van der Waals surface area contributed by atoms with Crippen molar-refractivity contribution >= 4 is 17.7 Å². The van der Waals surface area contributed by atoms with Gasteiger partial charge in [-0.1, -0.05) is 0 Å². The van der Waals surface area contributed by atoms with Crippen molar-refractivity contribution in [2.75, 3.05) is 18.1 Å². The first-order valence-corrected chi connectivity index (χ1v) is 6.60. The highest BCUT2D eigenvalue weighted by molar-refractivity contribution is 7.99. The van der Waals surface area contributed by atoms with E-state index in [1.165, 1.54) is 12.2 Å². The molecule has 0 aromatic carbocycles. The Kier molecular flexibility index (Phi) is 3.90. The van der Waals surface area contributed by atoms with Gasteiger partial charge >= 0.3 is 0 Å². The highest BCUT2D eigenvalue weighted by atomic mass is 32.2. The van der Waals surface area contributed by atoms with Gasteiger partial charge in [-0.15, -0.1) is 0 Å². The van der Waals surface area contributed by atoms with Gasteiger partial charge in [-0.2, -0.15) is 11.8 Å². The minimum absolute atomic E-state index is 0.142. The summed E-state index contributed by atoms with van der Waals surface area (Å²) in [5.41, 5.74) is 5.41. The van der Waals surface area contributed by atoms with Crippen LogP contribution in [0.5, 0.6) is 0 Å². The zero-order valence-electron chi connectivity index (χ0n) is 9.07. The molecule has 1 amide bonds. The molecule has 2 rings (SSSR count). The summed E-state index contributed by atoms with van der Waals surface area (Å²) in [6, 6.07) is 3.40. The van der Waals surface area contributed by atoms with Crippen LogP contribution >= 0.6 is 11.8 Å². The van der Waals surface area contributed by atoms with Gasteiger partial charge in [-0.25, -0.2) is 0 Å². The van der Waals surface area contributed by atoms with Crippen LogP contribution in [0.4, 0.5) is 0 Å². The van der Waals surface area contributed by atoms with Crippen LogP contribution in [0.25, 0.3) is 0 Å². The molecule has 16 heavy (non-hydrogen) atoms. The molecule has 4 nitrogen and oxygen atoms in total. The van der Waals surface area contributed by atoms with Gasteiger partial charge in [0.2, 0.25) is 0 Å². The van der Waals surface area contributed by atoms with E-state index in [4.69, 9.17) is 10.2 Å². The van der Waals surface area contributed by atoms with E-state index in [1.54, 1.807) is 12.1 Å². The molecule has 0 radical (unpaired) electrons. The number of hydrogen-bond donors (Lipinski definition) is 2. The fraction of sp³-hybridized carbons (Fsp3) is 0.545. The first kappa shape index (κ1) is 11.5. The van der Waals surface area contributed by atoms with Gasteiger partial charge in [-0.3, -0.25) is 4.79 Å². The van der Waals surface area contributed by atoms with Crippen molar-refractivity contribution in [2.45, 2.75) is 13.0 Å². The maximum atomic E-state index is 11.7. The minimum Gasteiger partial charge on any atom is -0.455 e. The van der Waals surface area contributed by atoms with Gasteiger partial charge in [0.25, 0.3) is 5.91 Å². The number of nitrogens with one attached hydrogen (secondary N) is 1. The molecule has 0 saturated carbocycles. The van der Waals surface area contributed by atoms with E-state index in [1.807, 2.05) is 11.8 Å². The third-order valence-corrected chi connectivity index (χ3v) is 3.89. The molecule has 1 unspecified atom stereocenters. The highest BCUT2D eigenvalue weighted by Gasteiger charge is 2.17. The summed E-state index contributed by atoms with van der Waals surface area (Å²) in [5.74, 6) is 3.81. The lowest BCUT2D eigenvalue weighted by Crippen LogP contribution is -2.28. The summed E-state index contributed by atoms with van der Waals surface area (Å²) < 4.78 is 5.27. The Morgan fingerprint density at radius 2 is 2.50 bits per heavy atom. The zero-order chi connectivity index (χ0) is 11.4. The lowest BCUT2D eigenvalue weighted by Gasteiger charge is -2.08. The lowest BCUT2D eigenvalue weighted by molar-refractivity contribution is 0.0919. The quantitative estimate of drug-likeness (QED) is 0.830. The van der Waals surface area contributed by atoms with Crippen LogP contribution in [0.15, 0.2) is 16.5 Å². The van der Waals surface area contributed by atoms with Gasteiger partial charge in [0, 0.05) is 6.54 Å². The molecule has 1 aromatic heterocycles. The van der Waals surface area contributed by atoms with E-state index in [9.17, 15) is 4.79 Å². The average molecular weight is 240 g/mol. The first-order valence-electron chi connectivity index (χ1n) is 5.44. The van der Waals surface area contributed by atoms with Crippen molar-refractivity contribution in [1.29, 1.82) is 0 Å². The van der Waals surface area contributed by atoms with Crippen LogP contribution in [-0.2, 0) is 6.54 Å². The van der Waals surface area contributed by atoms with Crippen molar-refractivity contribution in [3.05, 3.63) is 23.7 Å². The molecule has 2 heterocycles. The summed E-state index contributed by atoms with van der Waals surface area (Å²) in [5, 5.41) is 2.89. The van der Waals surface area contributed by atoms with Crippen LogP contribution in [-0.4, -0.2) is 24.0 Å². The summed E-state index contributed by atoms with van der Waals surface area (Å²) >= 11 is 1.95. The highest BCUT2D eigenvalue weighted by Crippen LogP contribution is 2.22. The third kappa shape index (κ3) is 2.80. The van der Waals surface area contributed by atoms with Crippen molar-refractivity contribution in [3.63, 3.8) is 0 Å². The monoisotopic (exact) mass is 240 g/mol. The maximum absolute atomic E-state index is 11.7. The van der Waals surface area contributed by atoms with Gasteiger partial charge in [0.05, 0.1) is 6.54 Å². The number of rotatable bonds is 4. The van der Waals surface area contributed by atoms with E-state index in [0.717, 1.165) is 12.3 Å². The molecular weight excluding hydrogens is 224 g/mol. The predicted octanol–water partition coefficient (Wildman–Crippen LogP) is 1.22. The fourth-order valence-electron chi connectivity index (χ4n) is 1.68. The summed E-state index contributed by atoms with van der Waals surface area (Å²) in [7, 11) is 0. The van der Waals surface area contributed by atoms with Crippen molar-refractivity contribution in [2.24, 2.45) is 11.7 Å². The second-order valence-corrected chi connectivity index (χ2v) is 5.06. The third-order valence-electron chi connectivity index (χ3n) is 2.66. The van der Waals surface area contributed by atoms with Crippen molar-refractivity contribution in [1.82, 2.24) is 5.32 Å². The van der Waals surface area contributed by atoms with E-state index >= 15 is 0 Å². The molecule has 1 atom stereocenters. The van der Waals surface area contributed by atoms with E-state index in [0.29, 0.717) is 24.0 Å². The predicted molar refractivity (Wildman–Crippen MR) is 64.4 cm³/mol. The van der Waals surface area contributed by atoms with Gasteiger partial charge in [-0.05, 0) is 36.0 Å². The Bertz CT molecular complexity index is 359. The van der Waals surface area contributed by atoms with Crippen LogP contribution in [0, 0.1) is 5.92 Å². The van der Waals surface area contributed by atoms with Gasteiger partial charge in [0.15, 0.2) is 5.76 Å². The fourth-order valence-corrected chi connectivity index (χ4v) is 2.96. The van der Waals surface area contributed by atoms with Crippen LogP contribution in [0.1, 0.15) is 22.7 Å². The summed E-state index contributed by atoms with van der Waals surface area (Å²) in [6.45, 7) is 1.07. The Morgan fingerprint density at radius 3 is 3.12 bits per heavy atom. The Morgan fingerprint density at radius 1 is 1.62 bits per heavy atom. The molecule has 0 aliphatic carbocycles. The number of furan rings is 1. The number of thioether (sulfide) groups is 1. The van der Waals surface area contributed by atoms with E-state index in [2.05, 4.69) is 5.32 Å². The first-order chi connectivity index (χ1) is 7.79. The largest absolute Gasteiger partial charge is 0.455 e. The van der Waals surface area contributed by atoms with Crippen LogP contribution in [0.2, 0.25) is 0 Å².